The van der Waals surface area contributed by atoms with Crippen LogP contribution in [0, 0.1) is 5.92 Å². The number of carbonyl (C=O) groups excluding carboxylic acids is 3. The van der Waals surface area contributed by atoms with Gasteiger partial charge in [-0.25, -0.2) is 9.59 Å². The lowest BCUT2D eigenvalue weighted by molar-refractivity contribution is -0.145. The normalized spacial score (nSPS) is 28.6. The van der Waals surface area contributed by atoms with Crippen molar-refractivity contribution in [3.05, 3.63) is 0 Å². The maximum atomic E-state index is 12.8. The molecule has 2 aliphatic heterocycles. The average molecular weight is 370 g/mol. The highest BCUT2D eigenvalue weighted by molar-refractivity contribution is 5.87. The molecule has 0 aromatic carbocycles. The molecule has 2 saturated heterocycles. The third-order valence-corrected chi connectivity index (χ3v) is 5.13. The molecule has 4 atom stereocenters. The second-order valence-electron chi connectivity index (χ2n) is 8.12. The first-order valence-corrected chi connectivity index (χ1v) is 8.95. The fourth-order valence-corrected chi connectivity index (χ4v) is 4.12. The van der Waals surface area contributed by atoms with Crippen LogP contribution in [0.2, 0.25) is 0 Å². The zero-order valence-corrected chi connectivity index (χ0v) is 16.5. The molecule has 2 heterocycles. The van der Waals surface area contributed by atoms with Crippen molar-refractivity contribution in [3.8, 4) is 0 Å². The number of amides is 2. The Bertz CT molecular complexity index is 573. The van der Waals surface area contributed by atoms with Crippen LogP contribution >= 0.6 is 0 Å². The highest BCUT2D eigenvalue weighted by Crippen LogP contribution is 2.51. The van der Waals surface area contributed by atoms with E-state index < -0.39 is 35.2 Å². The Morgan fingerprint density at radius 1 is 1.27 bits per heavy atom. The average Bonchev–Trinajstić information content (AvgIpc) is 3.05. The topological polar surface area (TPSA) is 94.2 Å². The molecule has 1 N–H and O–H groups in total. The smallest absolute Gasteiger partial charge is 0.411 e. The summed E-state index contributed by atoms with van der Waals surface area (Å²) < 4.78 is 15.6. The van der Waals surface area contributed by atoms with Crippen molar-refractivity contribution in [2.45, 2.75) is 70.2 Å². The van der Waals surface area contributed by atoms with Gasteiger partial charge in [-0.15, -0.1) is 0 Å². The van der Waals surface area contributed by atoms with Crippen molar-refractivity contribution in [1.29, 1.82) is 0 Å². The summed E-state index contributed by atoms with van der Waals surface area (Å²) in [6, 6.07) is -0.814. The highest BCUT2D eigenvalue weighted by Gasteiger charge is 2.63. The summed E-state index contributed by atoms with van der Waals surface area (Å²) in [5.74, 6) is -1.23. The first kappa shape index (κ1) is 20.5. The van der Waals surface area contributed by atoms with Gasteiger partial charge in [0.1, 0.15) is 11.6 Å². The van der Waals surface area contributed by atoms with Crippen LogP contribution in [-0.2, 0) is 23.8 Å². The van der Waals surface area contributed by atoms with Crippen LogP contribution in [0.3, 0.4) is 0 Å². The molecule has 8 heteroatoms. The lowest BCUT2D eigenvalue weighted by Gasteiger charge is -2.38. The summed E-state index contributed by atoms with van der Waals surface area (Å²) in [5, 5.41) is 2.70. The van der Waals surface area contributed by atoms with Crippen LogP contribution in [0.1, 0.15) is 47.0 Å². The van der Waals surface area contributed by atoms with Crippen LogP contribution in [0.4, 0.5) is 4.79 Å². The third kappa shape index (κ3) is 3.79. The first-order chi connectivity index (χ1) is 12.1. The largest absolute Gasteiger partial charge is 0.467 e. The van der Waals surface area contributed by atoms with Gasteiger partial charge in [0.15, 0.2) is 0 Å². The van der Waals surface area contributed by atoms with Crippen molar-refractivity contribution in [1.82, 2.24) is 10.2 Å². The quantitative estimate of drug-likeness (QED) is 0.737. The number of nitrogens with one attached hydrogen (secondary N) is 1. The molecule has 2 rings (SSSR count). The van der Waals surface area contributed by atoms with Gasteiger partial charge in [0.2, 0.25) is 5.91 Å². The standard InChI is InChI=1S/C18H30N2O6/c1-11(15(22)25-6)19-14(21)13-9-12-7-8-18(13,10-24-5)20(12)16(23)26-17(2,3)4/h11-13H,7-10H2,1-6H3,(H,19,21)/t11-,12?,13?,18?/m0/s1. The summed E-state index contributed by atoms with van der Waals surface area (Å²) >= 11 is 0. The third-order valence-electron chi connectivity index (χ3n) is 5.13. The minimum atomic E-state index is -0.749. The van der Waals surface area contributed by atoms with Gasteiger partial charge in [-0.3, -0.25) is 9.69 Å². The Morgan fingerprint density at radius 3 is 2.46 bits per heavy atom. The summed E-state index contributed by atoms with van der Waals surface area (Å²) in [4.78, 5) is 38.9. The predicted molar refractivity (Wildman–Crippen MR) is 93.4 cm³/mol. The monoisotopic (exact) mass is 370 g/mol. The molecule has 0 saturated carbocycles. The molecular formula is C18H30N2O6. The number of ether oxygens (including phenoxy) is 3. The van der Waals surface area contributed by atoms with E-state index in [1.807, 2.05) is 20.8 Å². The number of rotatable bonds is 5. The Morgan fingerprint density at radius 2 is 1.92 bits per heavy atom. The molecule has 0 aromatic heterocycles. The highest BCUT2D eigenvalue weighted by atomic mass is 16.6. The molecule has 0 spiro atoms. The Hall–Kier alpha value is -1.83. The number of fused-ring (bicyclic) bond motifs is 2. The fourth-order valence-electron chi connectivity index (χ4n) is 4.12. The molecule has 8 nitrogen and oxygen atoms in total. The van der Waals surface area contributed by atoms with Crippen molar-refractivity contribution in [3.63, 3.8) is 0 Å². The van der Waals surface area contributed by atoms with Crippen molar-refractivity contribution in [2.75, 3.05) is 20.8 Å². The summed E-state index contributed by atoms with van der Waals surface area (Å²) in [5.41, 5.74) is -1.37. The van der Waals surface area contributed by atoms with E-state index in [2.05, 4.69) is 10.1 Å². The molecule has 148 valence electrons. The van der Waals surface area contributed by atoms with E-state index in [4.69, 9.17) is 9.47 Å². The number of hydrogen-bond donors (Lipinski definition) is 1. The molecule has 2 amide bonds. The van der Waals surface area contributed by atoms with Crippen LogP contribution in [0.15, 0.2) is 0 Å². The zero-order valence-electron chi connectivity index (χ0n) is 16.5. The van der Waals surface area contributed by atoms with E-state index in [0.29, 0.717) is 12.8 Å². The molecular weight excluding hydrogens is 340 g/mol. The van der Waals surface area contributed by atoms with E-state index >= 15 is 0 Å². The lowest BCUT2D eigenvalue weighted by atomic mass is 9.77. The molecule has 0 aromatic rings. The maximum Gasteiger partial charge on any atom is 0.411 e. The molecule has 3 unspecified atom stereocenters. The molecule has 2 fully saturated rings. The number of esters is 1. The van der Waals surface area contributed by atoms with Gasteiger partial charge in [0, 0.05) is 13.2 Å². The summed E-state index contributed by atoms with van der Waals surface area (Å²) in [6.07, 6.45) is 1.57. The molecule has 2 bridgehead atoms. The van der Waals surface area contributed by atoms with E-state index in [1.165, 1.54) is 7.11 Å². The molecule has 0 radical (unpaired) electrons. The Labute approximate surface area is 154 Å². The van der Waals surface area contributed by atoms with Crippen LogP contribution in [-0.4, -0.2) is 66.9 Å². The van der Waals surface area contributed by atoms with Crippen molar-refractivity contribution >= 4 is 18.0 Å². The molecule has 2 aliphatic rings. The van der Waals surface area contributed by atoms with Gasteiger partial charge in [0.25, 0.3) is 0 Å². The second-order valence-corrected chi connectivity index (χ2v) is 8.12. The van der Waals surface area contributed by atoms with Crippen LogP contribution in [0.25, 0.3) is 0 Å². The van der Waals surface area contributed by atoms with E-state index in [0.717, 1.165) is 6.42 Å². The fraction of sp³-hybridized carbons (Fsp3) is 0.833. The van der Waals surface area contributed by atoms with Crippen molar-refractivity contribution in [2.24, 2.45) is 5.92 Å². The predicted octanol–water partition coefficient (Wildman–Crippen LogP) is 1.47. The van der Waals surface area contributed by atoms with Gasteiger partial charge in [-0.05, 0) is 47.0 Å². The van der Waals surface area contributed by atoms with E-state index in [1.54, 1.807) is 18.9 Å². The number of carbonyl (C=O) groups is 3. The van der Waals surface area contributed by atoms with Gasteiger partial charge >= 0.3 is 12.1 Å². The molecule has 26 heavy (non-hydrogen) atoms. The minimum absolute atomic E-state index is 0.0656. The van der Waals surface area contributed by atoms with Crippen LogP contribution < -0.4 is 5.32 Å². The SMILES string of the molecule is COCC12CCC(CC1C(=O)N[C@@H](C)C(=O)OC)N2C(=O)OC(C)(C)C. The summed E-state index contributed by atoms with van der Waals surface area (Å²) in [6.45, 7) is 7.26. The van der Waals surface area contributed by atoms with Crippen LogP contribution in [0.5, 0.6) is 0 Å². The van der Waals surface area contributed by atoms with E-state index in [9.17, 15) is 14.4 Å². The zero-order chi connectivity index (χ0) is 19.7. The van der Waals surface area contributed by atoms with Gasteiger partial charge in [-0.1, -0.05) is 0 Å². The van der Waals surface area contributed by atoms with Gasteiger partial charge in [-0.2, -0.15) is 0 Å². The molecule has 0 aliphatic carbocycles. The second kappa shape index (κ2) is 7.42. The number of nitrogens with zero attached hydrogens (tertiary/aromatic N) is 1. The maximum absolute atomic E-state index is 12.8. The Kier molecular flexibility index (Phi) is 5.85. The van der Waals surface area contributed by atoms with E-state index in [-0.39, 0.29) is 18.6 Å². The first-order valence-electron chi connectivity index (χ1n) is 8.95. The van der Waals surface area contributed by atoms with Gasteiger partial charge < -0.3 is 19.5 Å². The number of hydrogen-bond acceptors (Lipinski definition) is 6. The van der Waals surface area contributed by atoms with Gasteiger partial charge in [0.05, 0.1) is 25.2 Å². The van der Waals surface area contributed by atoms with Crippen molar-refractivity contribution < 1.29 is 28.6 Å². The minimum Gasteiger partial charge on any atom is -0.467 e. The summed E-state index contributed by atoms with van der Waals surface area (Å²) in [7, 11) is 2.83. The Balaban J connectivity index is 2.23. The number of methoxy groups -OCH3 is 2. The lowest BCUT2D eigenvalue weighted by Crippen LogP contribution is -2.57.